The van der Waals surface area contributed by atoms with Crippen LogP contribution in [0.15, 0.2) is 54.7 Å². The second-order valence-electron chi connectivity index (χ2n) is 8.54. The van der Waals surface area contributed by atoms with Gasteiger partial charge in [-0.2, -0.15) is 13.2 Å². The minimum Gasteiger partial charge on any atom is -0.346 e. The number of halogens is 4. The normalized spacial score (nSPS) is 21.6. The van der Waals surface area contributed by atoms with Crippen LogP contribution in [0.1, 0.15) is 61.3 Å². The first-order valence-electron chi connectivity index (χ1n) is 10.7. The molecule has 0 unspecified atom stereocenters. The maximum absolute atomic E-state index is 14.5. The van der Waals surface area contributed by atoms with Gasteiger partial charge in [0.1, 0.15) is 5.82 Å². The van der Waals surface area contributed by atoms with E-state index in [1.165, 1.54) is 18.2 Å². The van der Waals surface area contributed by atoms with Crippen LogP contribution in [-0.2, 0) is 18.1 Å². The molecule has 172 valence electrons. The van der Waals surface area contributed by atoms with Gasteiger partial charge in [0.2, 0.25) is 0 Å². The van der Waals surface area contributed by atoms with Gasteiger partial charge >= 0.3 is 6.18 Å². The fourth-order valence-electron chi connectivity index (χ4n) is 4.36. The van der Waals surface area contributed by atoms with Crippen molar-refractivity contribution in [3.63, 3.8) is 0 Å². The lowest BCUT2D eigenvalue weighted by Gasteiger charge is -2.49. The molecule has 2 aromatic rings. The number of hydrogen-bond acceptors (Lipinski definition) is 1. The molecule has 1 saturated heterocycles. The predicted molar refractivity (Wildman–Crippen MR) is 119 cm³/mol. The Morgan fingerprint density at radius 2 is 1.78 bits per heavy atom. The van der Waals surface area contributed by atoms with Crippen LogP contribution in [-0.4, -0.2) is 17.9 Å². The van der Waals surface area contributed by atoms with E-state index in [2.05, 4.69) is 18.8 Å². The Labute approximate surface area is 186 Å². The van der Waals surface area contributed by atoms with Crippen LogP contribution in [0.5, 0.6) is 0 Å². The smallest absolute Gasteiger partial charge is 0.346 e. The van der Waals surface area contributed by atoms with E-state index in [9.17, 15) is 17.6 Å². The number of guanidine groups is 1. The first kappa shape index (κ1) is 23.8. The zero-order valence-electron chi connectivity index (χ0n) is 18.6. The third-order valence-corrected chi connectivity index (χ3v) is 6.32. The van der Waals surface area contributed by atoms with E-state index >= 15 is 0 Å². The highest BCUT2D eigenvalue weighted by Gasteiger charge is 2.45. The van der Waals surface area contributed by atoms with Gasteiger partial charge in [-0.15, -0.1) is 0 Å². The van der Waals surface area contributed by atoms with Gasteiger partial charge in [0.25, 0.3) is 0 Å². The van der Waals surface area contributed by atoms with Crippen molar-refractivity contribution in [3.8, 4) is 0 Å². The summed E-state index contributed by atoms with van der Waals surface area (Å²) in [5.74, 6) is -0.614. The molecule has 32 heavy (non-hydrogen) atoms. The highest BCUT2D eigenvalue weighted by atomic mass is 19.4. The summed E-state index contributed by atoms with van der Waals surface area (Å²) in [7, 11) is 1.69. The van der Waals surface area contributed by atoms with E-state index in [1.807, 2.05) is 6.92 Å². The average molecular weight is 448 g/mol. The number of nitrogens with zero attached hydrogens (tertiary/aromatic N) is 1. The largest absolute Gasteiger partial charge is 0.416 e. The van der Waals surface area contributed by atoms with Crippen molar-refractivity contribution in [2.75, 3.05) is 7.05 Å². The number of nitrogens with one attached hydrogen (secondary N) is 2. The summed E-state index contributed by atoms with van der Waals surface area (Å²) in [4.78, 5) is 1.58. The van der Waals surface area contributed by atoms with Gasteiger partial charge in [-0.05, 0) is 54.7 Å². The van der Waals surface area contributed by atoms with Gasteiger partial charge < -0.3 is 10.2 Å². The fraction of sp³-hybridized carbons (Fsp3) is 0.400. The Bertz CT molecular complexity index is 997. The minimum atomic E-state index is -4.42. The molecule has 1 heterocycles. The Morgan fingerprint density at radius 3 is 2.38 bits per heavy atom. The molecule has 2 atom stereocenters. The lowest BCUT2D eigenvalue weighted by Crippen LogP contribution is -2.58. The molecule has 0 saturated carbocycles. The third-order valence-electron chi connectivity index (χ3n) is 6.32. The van der Waals surface area contributed by atoms with Crippen LogP contribution in [0, 0.1) is 11.2 Å². The van der Waals surface area contributed by atoms with E-state index in [-0.39, 0.29) is 11.8 Å². The molecule has 1 aliphatic rings. The van der Waals surface area contributed by atoms with Crippen LogP contribution >= 0.6 is 0 Å². The van der Waals surface area contributed by atoms with Crippen LogP contribution in [0.2, 0.25) is 0 Å². The molecular weight excluding hydrogens is 418 g/mol. The molecular formula is C25H29F4N3. The molecule has 2 aromatic carbocycles. The SMILES string of the molecule is C=C1[C@@H](c2ccc(C(F)(F)F)cc2)[C@@](C)(c2ccc(F)c(CCCCC)c2)NC(=N)N1C. The molecule has 0 aromatic heterocycles. The number of alkyl halides is 3. The molecule has 3 nitrogen and oxygen atoms in total. The maximum Gasteiger partial charge on any atom is 0.416 e. The summed E-state index contributed by atoms with van der Waals surface area (Å²) < 4.78 is 53.7. The number of aryl methyl sites for hydroxylation is 1. The second kappa shape index (κ2) is 8.96. The van der Waals surface area contributed by atoms with E-state index in [0.29, 0.717) is 23.2 Å². The highest BCUT2D eigenvalue weighted by molar-refractivity contribution is 5.82. The highest BCUT2D eigenvalue weighted by Crippen LogP contribution is 2.45. The molecule has 3 rings (SSSR count). The third kappa shape index (κ3) is 4.52. The zero-order valence-corrected chi connectivity index (χ0v) is 18.6. The first-order valence-corrected chi connectivity index (χ1v) is 10.7. The van der Waals surface area contributed by atoms with Crippen molar-refractivity contribution in [1.82, 2.24) is 10.2 Å². The van der Waals surface area contributed by atoms with Gasteiger partial charge in [-0.25, -0.2) is 4.39 Å². The van der Waals surface area contributed by atoms with E-state index in [4.69, 9.17) is 5.41 Å². The van der Waals surface area contributed by atoms with Crippen LogP contribution in [0.4, 0.5) is 17.6 Å². The Kier molecular flexibility index (Phi) is 6.67. The van der Waals surface area contributed by atoms with Crippen LogP contribution in [0.25, 0.3) is 0 Å². The van der Waals surface area contributed by atoms with Crippen molar-refractivity contribution in [1.29, 1.82) is 5.41 Å². The lowest BCUT2D eigenvalue weighted by atomic mass is 9.72. The van der Waals surface area contributed by atoms with Crippen molar-refractivity contribution < 1.29 is 17.6 Å². The van der Waals surface area contributed by atoms with Gasteiger partial charge in [0.15, 0.2) is 5.96 Å². The van der Waals surface area contributed by atoms with E-state index in [1.54, 1.807) is 24.1 Å². The molecule has 0 amide bonds. The molecule has 2 N–H and O–H groups in total. The second-order valence-corrected chi connectivity index (χ2v) is 8.54. The summed E-state index contributed by atoms with van der Waals surface area (Å²) in [6.45, 7) is 8.11. The average Bonchev–Trinajstić information content (AvgIpc) is 2.73. The molecule has 7 heteroatoms. The lowest BCUT2D eigenvalue weighted by molar-refractivity contribution is -0.137. The first-order chi connectivity index (χ1) is 15.0. The maximum atomic E-state index is 14.5. The summed E-state index contributed by atoms with van der Waals surface area (Å²) >= 11 is 0. The Morgan fingerprint density at radius 1 is 1.12 bits per heavy atom. The van der Waals surface area contributed by atoms with Gasteiger partial charge in [-0.1, -0.05) is 50.6 Å². The fourth-order valence-corrected chi connectivity index (χ4v) is 4.36. The van der Waals surface area contributed by atoms with Crippen LogP contribution in [0.3, 0.4) is 0 Å². The van der Waals surface area contributed by atoms with Crippen LogP contribution < -0.4 is 5.32 Å². The number of likely N-dealkylation sites (N-methyl/N-ethyl adjacent to an activating group) is 1. The van der Waals surface area contributed by atoms with E-state index in [0.717, 1.165) is 37.0 Å². The quantitative estimate of drug-likeness (QED) is 0.389. The van der Waals surface area contributed by atoms with Crippen molar-refractivity contribution in [2.45, 2.75) is 57.2 Å². The molecule has 0 aliphatic carbocycles. The van der Waals surface area contributed by atoms with Crippen molar-refractivity contribution in [3.05, 3.63) is 82.8 Å². The number of unbranched alkanes of at least 4 members (excludes halogenated alkanes) is 2. The molecule has 1 fully saturated rings. The van der Waals surface area contributed by atoms with Gasteiger partial charge in [-0.3, -0.25) is 5.41 Å². The zero-order chi connectivity index (χ0) is 23.7. The summed E-state index contributed by atoms with van der Waals surface area (Å²) in [5, 5.41) is 11.6. The minimum absolute atomic E-state index is 0.123. The van der Waals surface area contributed by atoms with Gasteiger partial charge in [0, 0.05) is 12.7 Å². The molecule has 0 bridgehead atoms. The van der Waals surface area contributed by atoms with Crippen molar-refractivity contribution in [2.24, 2.45) is 0 Å². The number of hydrogen-bond donors (Lipinski definition) is 2. The monoisotopic (exact) mass is 447 g/mol. The van der Waals surface area contributed by atoms with Crippen molar-refractivity contribution >= 4 is 5.96 Å². The number of benzene rings is 2. The summed E-state index contributed by atoms with van der Waals surface area (Å²) in [6.07, 6.45) is -0.923. The molecule has 0 radical (unpaired) electrons. The topological polar surface area (TPSA) is 39.1 Å². The predicted octanol–water partition coefficient (Wildman–Crippen LogP) is 6.56. The molecule has 0 spiro atoms. The Balaban J connectivity index is 2.07. The summed E-state index contributed by atoms with van der Waals surface area (Å²) in [5.41, 5.74) is 0.948. The Hall–Kier alpha value is -2.83. The van der Waals surface area contributed by atoms with E-state index < -0.39 is 23.2 Å². The standard InChI is InChI=1S/C25H29F4N3/c1-5-6-7-8-18-15-20(13-14-21(18)26)24(3)22(16(2)32(4)23(30)31-24)17-9-11-19(12-10-17)25(27,28)29/h9-15,22H,2,5-8H2,1,3-4H3,(H2,30,31)/t22-,24+/m0/s1. The van der Waals surface area contributed by atoms with Gasteiger partial charge in [0.05, 0.1) is 17.0 Å². The number of rotatable bonds is 6. The molecule has 1 aliphatic heterocycles. The summed E-state index contributed by atoms with van der Waals surface area (Å²) in [6, 6.07) is 9.93.